The molecule has 8 heteroatoms. The molecular weight excluding hydrogens is 450 g/mol. The molecule has 0 aliphatic rings. The molecule has 5 aromatic rings. The summed E-state index contributed by atoms with van der Waals surface area (Å²) >= 11 is 1.52. The minimum absolute atomic E-state index is 0.0685. The van der Waals surface area contributed by atoms with E-state index in [0.717, 1.165) is 23.3 Å². The van der Waals surface area contributed by atoms with Crippen LogP contribution in [0.25, 0.3) is 22.0 Å². The Bertz CT molecular complexity index is 1570. The van der Waals surface area contributed by atoms with E-state index >= 15 is 0 Å². The average Bonchev–Trinajstić information content (AvgIpc) is 3.19. The summed E-state index contributed by atoms with van der Waals surface area (Å²) in [5.41, 5.74) is 2.97. The normalized spacial score (nSPS) is 11.3. The number of hydrogen-bond acceptors (Lipinski definition) is 6. The highest BCUT2D eigenvalue weighted by Gasteiger charge is 2.13. The van der Waals surface area contributed by atoms with Gasteiger partial charge in [-0.15, -0.1) is 0 Å². The van der Waals surface area contributed by atoms with Crippen LogP contribution in [0.2, 0.25) is 0 Å². The van der Waals surface area contributed by atoms with Gasteiger partial charge in [-0.1, -0.05) is 48.2 Å². The number of aryl methyl sites for hydroxylation is 1. The number of para-hydroxylation sites is 3. The number of ether oxygens (including phenoxy) is 1. The van der Waals surface area contributed by atoms with Crippen LogP contribution in [-0.4, -0.2) is 27.0 Å². The van der Waals surface area contributed by atoms with Crippen molar-refractivity contribution in [1.29, 1.82) is 0 Å². The third-order valence-electron chi connectivity index (χ3n) is 5.66. The van der Waals surface area contributed by atoms with Gasteiger partial charge in [-0.25, -0.2) is 9.78 Å². The molecule has 172 valence electrons. The zero-order valence-electron chi connectivity index (χ0n) is 18.6. The lowest BCUT2D eigenvalue weighted by Gasteiger charge is -2.13. The van der Waals surface area contributed by atoms with Crippen molar-refractivity contribution in [1.82, 2.24) is 14.1 Å². The molecule has 7 nitrogen and oxygen atoms in total. The predicted octanol–water partition coefficient (Wildman–Crippen LogP) is 4.54. The summed E-state index contributed by atoms with van der Waals surface area (Å²) in [7, 11) is 1.63. The largest absolute Gasteiger partial charge is 0.497 e. The number of thioether (sulfide) groups is 1. The van der Waals surface area contributed by atoms with Crippen LogP contribution in [0.1, 0.15) is 12.0 Å². The van der Waals surface area contributed by atoms with Crippen molar-refractivity contribution in [2.45, 2.75) is 24.7 Å². The topological polar surface area (TPSA) is 79.3 Å². The Labute approximate surface area is 199 Å². The van der Waals surface area contributed by atoms with Crippen molar-refractivity contribution in [3.05, 3.63) is 99.3 Å². The van der Waals surface area contributed by atoms with Gasteiger partial charge in [0.1, 0.15) is 5.75 Å². The maximum Gasteiger partial charge on any atom is 0.419 e. The van der Waals surface area contributed by atoms with Gasteiger partial charge in [0.2, 0.25) is 0 Å². The van der Waals surface area contributed by atoms with E-state index in [2.05, 4.69) is 0 Å². The monoisotopic (exact) mass is 473 g/mol. The summed E-state index contributed by atoms with van der Waals surface area (Å²) in [5, 5.41) is 1.25. The molecule has 2 heterocycles. The molecule has 0 aliphatic heterocycles. The second-order valence-corrected chi connectivity index (χ2v) is 8.90. The second kappa shape index (κ2) is 9.61. The minimum Gasteiger partial charge on any atom is -0.497 e. The standard InChI is InChI=1S/C26H23N3O4S/c1-32-19-13-11-18(12-14-19)17-29-24(30)20-7-2-3-8-21(20)27-25(29)34-16-6-15-28-22-9-4-5-10-23(22)33-26(28)31/h2-5,7-14H,6,15-17H2,1H3. The van der Waals surface area contributed by atoms with Gasteiger partial charge in [0.05, 0.1) is 30.1 Å². The van der Waals surface area contributed by atoms with Crippen LogP contribution >= 0.6 is 11.8 Å². The fourth-order valence-electron chi connectivity index (χ4n) is 3.92. The number of methoxy groups -OCH3 is 1. The van der Waals surface area contributed by atoms with Crippen molar-refractivity contribution in [2.24, 2.45) is 0 Å². The van der Waals surface area contributed by atoms with Gasteiger partial charge in [0, 0.05) is 12.3 Å². The number of benzene rings is 3. The lowest BCUT2D eigenvalue weighted by Crippen LogP contribution is -2.24. The number of nitrogens with zero attached hydrogens (tertiary/aromatic N) is 3. The summed E-state index contributed by atoms with van der Waals surface area (Å²) in [6.07, 6.45) is 0.722. The quantitative estimate of drug-likeness (QED) is 0.187. The number of fused-ring (bicyclic) bond motifs is 2. The zero-order chi connectivity index (χ0) is 23.5. The molecule has 0 aliphatic carbocycles. The lowest BCUT2D eigenvalue weighted by molar-refractivity contribution is 0.414. The maximum atomic E-state index is 13.3. The van der Waals surface area contributed by atoms with Gasteiger partial charge in [-0.05, 0) is 48.4 Å². The molecule has 0 fully saturated rings. The van der Waals surface area contributed by atoms with Crippen molar-refractivity contribution in [2.75, 3.05) is 12.9 Å². The summed E-state index contributed by atoms with van der Waals surface area (Å²) in [6.45, 7) is 0.938. The fourth-order valence-corrected chi connectivity index (χ4v) is 4.84. The average molecular weight is 474 g/mol. The van der Waals surface area contributed by atoms with Crippen molar-refractivity contribution < 1.29 is 9.15 Å². The maximum absolute atomic E-state index is 13.3. The summed E-state index contributed by atoms with van der Waals surface area (Å²) in [5.74, 6) is 1.11. The van der Waals surface area contributed by atoms with E-state index < -0.39 is 0 Å². The van der Waals surface area contributed by atoms with E-state index in [-0.39, 0.29) is 11.3 Å². The smallest absolute Gasteiger partial charge is 0.419 e. The van der Waals surface area contributed by atoms with Gasteiger partial charge in [-0.2, -0.15) is 0 Å². The molecule has 5 rings (SSSR count). The molecule has 0 spiro atoms. The molecule has 3 aromatic carbocycles. The van der Waals surface area contributed by atoms with Gasteiger partial charge in [-0.3, -0.25) is 13.9 Å². The first-order valence-corrected chi connectivity index (χ1v) is 12.0. The van der Waals surface area contributed by atoms with E-state index in [0.29, 0.717) is 40.5 Å². The van der Waals surface area contributed by atoms with Crippen LogP contribution in [0.5, 0.6) is 5.75 Å². The molecular formula is C26H23N3O4S. The lowest BCUT2D eigenvalue weighted by atomic mass is 10.2. The van der Waals surface area contributed by atoms with Crippen LogP contribution in [0, 0.1) is 0 Å². The Morgan fingerprint density at radius 3 is 2.53 bits per heavy atom. The molecule has 0 N–H and O–H groups in total. The molecule has 0 bridgehead atoms. The predicted molar refractivity (Wildman–Crippen MR) is 134 cm³/mol. The van der Waals surface area contributed by atoms with E-state index in [1.807, 2.05) is 60.7 Å². The van der Waals surface area contributed by atoms with Crippen LogP contribution < -0.4 is 16.1 Å². The third-order valence-corrected chi connectivity index (χ3v) is 6.72. The highest BCUT2D eigenvalue weighted by Crippen LogP contribution is 2.21. The van der Waals surface area contributed by atoms with E-state index in [1.54, 1.807) is 28.4 Å². The fraction of sp³-hybridized carbons (Fsp3) is 0.192. The molecule has 0 saturated carbocycles. The van der Waals surface area contributed by atoms with Crippen molar-refractivity contribution in [3.8, 4) is 5.75 Å². The molecule has 0 saturated heterocycles. The zero-order valence-corrected chi connectivity index (χ0v) is 19.5. The number of hydrogen-bond donors (Lipinski definition) is 0. The Morgan fingerprint density at radius 2 is 1.71 bits per heavy atom. The first kappa shape index (κ1) is 22.0. The number of oxazole rings is 1. The molecule has 2 aromatic heterocycles. The highest BCUT2D eigenvalue weighted by atomic mass is 32.2. The van der Waals surface area contributed by atoms with E-state index in [9.17, 15) is 9.59 Å². The van der Waals surface area contributed by atoms with Crippen molar-refractivity contribution >= 4 is 33.8 Å². The Kier molecular flexibility index (Phi) is 6.22. The first-order chi connectivity index (χ1) is 16.6. The van der Waals surface area contributed by atoms with E-state index in [1.165, 1.54) is 11.8 Å². The van der Waals surface area contributed by atoms with Gasteiger partial charge in [0.25, 0.3) is 5.56 Å². The highest BCUT2D eigenvalue weighted by molar-refractivity contribution is 7.99. The number of aromatic nitrogens is 3. The molecule has 0 radical (unpaired) electrons. The SMILES string of the molecule is COc1ccc(Cn2c(SCCCn3c(=O)oc4ccccc43)nc3ccccc3c2=O)cc1. The molecule has 0 atom stereocenters. The summed E-state index contributed by atoms with van der Waals surface area (Å²) < 4.78 is 13.9. The van der Waals surface area contributed by atoms with Crippen LogP contribution in [0.4, 0.5) is 0 Å². The Hall–Kier alpha value is -3.78. The van der Waals surface area contributed by atoms with Gasteiger partial charge >= 0.3 is 5.76 Å². The van der Waals surface area contributed by atoms with E-state index in [4.69, 9.17) is 14.1 Å². The van der Waals surface area contributed by atoms with Gasteiger partial charge < -0.3 is 9.15 Å². The summed E-state index contributed by atoms with van der Waals surface area (Å²) in [4.78, 5) is 30.3. The Morgan fingerprint density at radius 1 is 0.941 bits per heavy atom. The molecule has 0 unspecified atom stereocenters. The van der Waals surface area contributed by atoms with Crippen LogP contribution in [0.15, 0.2) is 92.0 Å². The second-order valence-electron chi connectivity index (χ2n) is 7.84. The van der Waals surface area contributed by atoms with Crippen molar-refractivity contribution in [3.63, 3.8) is 0 Å². The van der Waals surface area contributed by atoms with Gasteiger partial charge in [0.15, 0.2) is 10.7 Å². The number of rotatable bonds is 8. The molecule has 0 amide bonds. The Balaban J connectivity index is 1.39. The first-order valence-electron chi connectivity index (χ1n) is 11.0. The molecule has 34 heavy (non-hydrogen) atoms. The third kappa shape index (κ3) is 4.36. The minimum atomic E-state index is -0.355. The summed E-state index contributed by atoms with van der Waals surface area (Å²) in [6, 6.07) is 22.5. The van der Waals surface area contributed by atoms with Crippen LogP contribution in [-0.2, 0) is 13.1 Å². The van der Waals surface area contributed by atoms with Crippen LogP contribution in [0.3, 0.4) is 0 Å².